The molecule has 0 unspecified atom stereocenters. The Morgan fingerprint density at radius 2 is 1.82 bits per heavy atom. The number of carbonyl (C=O) groups is 1. The van der Waals surface area contributed by atoms with Crippen LogP contribution < -0.4 is 14.5 Å². The number of aryl methyl sites for hydroxylation is 1. The number of alkyl halides is 3. The number of nitrogens with one attached hydrogen (secondary N) is 1. The number of rotatable bonds is 8. The van der Waals surface area contributed by atoms with Crippen LogP contribution >= 0.6 is 0 Å². The molecule has 4 aliphatic heterocycles. The van der Waals surface area contributed by atoms with Gasteiger partial charge in [0.15, 0.2) is 12.4 Å². The van der Waals surface area contributed by atoms with E-state index in [9.17, 15) is 18.0 Å². The smallest absolute Gasteiger partial charge is 0.422 e. The van der Waals surface area contributed by atoms with Crippen LogP contribution in [0.3, 0.4) is 0 Å². The number of allylic oxidation sites excluding steroid dienone is 1. The van der Waals surface area contributed by atoms with Crippen LogP contribution in [0.25, 0.3) is 38.5 Å². The van der Waals surface area contributed by atoms with Crippen LogP contribution in [0.5, 0.6) is 5.75 Å². The van der Waals surface area contributed by atoms with Crippen LogP contribution in [0.2, 0.25) is 0 Å². The molecule has 6 heterocycles. The molecule has 0 radical (unpaired) electrons. The van der Waals surface area contributed by atoms with E-state index in [2.05, 4.69) is 38.1 Å². The van der Waals surface area contributed by atoms with E-state index >= 15 is 0 Å². The van der Waals surface area contributed by atoms with E-state index in [4.69, 9.17) is 14.7 Å². The number of amides is 1. The van der Waals surface area contributed by atoms with E-state index in [1.807, 2.05) is 36.9 Å². The number of aromatic nitrogens is 4. The third-order valence-electron chi connectivity index (χ3n) is 11.1. The maximum Gasteiger partial charge on any atom is 0.422 e. The maximum absolute atomic E-state index is 14.0. The molecule has 8 rings (SSSR count). The number of hydrogen-bond donors (Lipinski definition) is 1. The van der Waals surface area contributed by atoms with E-state index in [-0.39, 0.29) is 17.1 Å². The largest absolute Gasteiger partial charge is 0.481 e. The lowest BCUT2D eigenvalue weighted by molar-refractivity contribution is -0.153. The van der Waals surface area contributed by atoms with E-state index in [1.165, 1.54) is 12.5 Å². The fraction of sp³-hybridized carbons (Fsp3) is 0.459. The summed E-state index contributed by atoms with van der Waals surface area (Å²) in [7, 11) is 0. The minimum absolute atomic E-state index is 0.0422. The molecule has 0 aliphatic carbocycles. The molecule has 2 aromatic heterocycles. The highest BCUT2D eigenvalue weighted by Gasteiger charge is 2.47. The molecule has 1 N–H and O–H groups in total. The quantitative estimate of drug-likeness (QED) is 0.227. The standard InChI is InChI=1S/C37H41F3N8O2/c1-5-29(49)48-19-36(20-48)9-13-46(14-10-36)34-26-15-25(22(2)3)31(30-23(4)7-8-28-27(30)16-41-44-28)33(50-21-37(38,39)40)32(26)42-35(43-34)47-17-24(18-47)45-11-6-12-45/h5,7-8,15-16,24H,1-2,6,9-14,17-21H2,3-4H3,(H,41,44). The number of anilines is 2. The number of nitrogens with zero attached hydrogens (tertiary/aromatic N) is 7. The van der Waals surface area contributed by atoms with Gasteiger partial charge in [0.2, 0.25) is 11.9 Å². The molecule has 262 valence electrons. The Labute approximate surface area is 288 Å². The predicted octanol–water partition coefficient (Wildman–Crippen LogP) is 5.96. The molecular weight excluding hydrogens is 645 g/mol. The summed E-state index contributed by atoms with van der Waals surface area (Å²) in [6, 6.07) is 6.22. The second-order valence-corrected chi connectivity index (χ2v) is 14.5. The summed E-state index contributed by atoms with van der Waals surface area (Å²) in [5.74, 6) is 1.17. The van der Waals surface area contributed by atoms with E-state index < -0.39 is 12.8 Å². The fourth-order valence-electron chi connectivity index (χ4n) is 8.04. The number of likely N-dealkylation sites (tertiary alicyclic amines) is 2. The lowest BCUT2D eigenvalue weighted by Crippen LogP contribution is -2.63. The third-order valence-corrected chi connectivity index (χ3v) is 11.1. The first kappa shape index (κ1) is 32.5. The van der Waals surface area contributed by atoms with Crippen molar-refractivity contribution in [2.24, 2.45) is 5.41 Å². The highest BCUT2D eigenvalue weighted by molar-refractivity contribution is 6.08. The average molecular weight is 687 g/mol. The SMILES string of the molecule is C=CC(=O)N1CC2(CCN(c3nc(N4CC(N5CCC5)C4)nc4c(OCC(F)(F)F)c(-c5c(C)ccc6[nH]ncc56)c(C(=C)C)cc34)CC2)C1. The van der Waals surface area contributed by atoms with Gasteiger partial charge in [0.05, 0.1) is 11.7 Å². The summed E-state index contributed by atoms with van der Waals surface area (Å²) in [4.78, 5) is 31.0. The number of halogens is 3. The van der Waals surface area contributed by atoms with Crippen LogP contribution in [0.1, 0.15) is 37.3 Å². The Kier molecular flexibility index (Phi) is 7.81. The van der Waals surface area contributed by atoms with Gasteiger partial charge in [-0.3, -0.25) is 14.8 Å². The molecule has 0 bridgehead atoms. The van der Waals surface area contributed by atoms with Crippen molar-refractivity contribution in [3.63, 3.8) is 0 Å². The van der Waals surface area contributed by atoms with Crippen molar-refractivity contribution in [1.82, 2.24) is 30.0 Å². The zero-order valence-corrected chi connectivity index (χ0v) is 28.4. The van der Waals surface area contributed by atoms with Gasteiger partial charge in [0.25, 0.3) is 0 Å². The van der Waals surface area contributed by atoms with Gasteiger partial charge >= 0.3 is 6.18 Å². The number of ether oxygens (including phenoxy) is 1. The van der Waals surface area contributed by atoms with Gasteiger partial charge in [-0.05, 0) is 81.1 Å². The minimum Gasteiger partial charge on any atom is -0.481 e. The van der Waals surface area contributed by atoms with Crippen molar-refractivity contribution in [3.8, 4) is 16.9 Å². The summed E-state index contributed by atoms with van der Waals surface area (Å²) < 4.78 is 47.8. The molecule has 4 fully saturated rings. The first-order valence-corrected chi connectivity index (χ1v) is 17.3. The molecule has 2 aromatic carbocycles. The summed E-state index contributed by atoms with van der Waals surface area (Å²) in [6.07, 6.45) is 1.39. The molecule has 4 saturated heterocycles. The lowest BCUT2D eigenvalue weighted by atomic mass is 9.72. The number of H-pyrrole nitrogens is 1. The van der Waals surface area contributed by atoms with Crippen LogP contribution in [0.15, 0.2) is 43.6 Å². The molecule has 1 spiro atoms. The highest BCUT2D eigenvalue weighted by atomic mass is 19.4. The molecule has 13 heteroatoms. The lowest BCUT2D eigenvalue weighted by Gasteiger charge is -2.54. The molecule has 1 amide bonds. The van der Waals surface area contributed by atoms with Crippen molar-refractivity contribution in [2.75, 3.05) is 68.8 Å². The number of fused-ring (bicyclic) bond motifs is 2. The van der Waals surface area contributed by atoms with Crippen molar-refractivity contribution < 1.29 is 22.7 Å². The zero-order valence-electron chi connectivity index (χ0n) is 28.4. The monoisotopic (exact) mass is 686 g/mol. The Bertz CT molecular complexity index is 2010. The molecular formula is C37H41F3N8O2. The number of hydrogen-bond acceptors (Lipinski definition) is 8. The van der Waals surface area contributed by atoms with Crippen LogP contribution in [-0.4, -0.2) is 107 Å². The summed E-state index contributed by atoms with van der Waals surface area (Å²) in [5, 5.41) is 8.64. The molecule has 10 nitrogen and oxygen atoms in total. The minimum atomic E-state index is -4.58. The fourth-order valence-corrected chi connectivity index (χ4v) is 8.04. The highest BCUT2D eigenvalue weighted by Crippen LogP contribution is 2.49. The number of carbonyl (C=O) groups excluding carboxylic acids is 1. The first-order chi connectivity index (χ1) is 23.9. The first-order valence-electron chi connectivity index (χ1n) is 17.3. The summed E-state index contributed by atoms with van der Waals surface area (Å²) in [6.45, 7) is 16.6. The Morgan fingerprint density at radius 3 is 2.46 bits per heavy atom. The van der Waals surface area contributed by atoms with Gasteiger partial charge in [-0.2, -0.15) is 23.3 Å². The average Bonchev–Trinajstić information content (AvgIpc) is 3.50. The van der Waals surface area contributed by atoms with Gasteiger partial charge in [-0.25, -0.2) is 4.98 Å². The van der Waals surface area contributed by atoms with Crippen molar-refractivity contribution in [3.05, 3.63) is 54.8 Å². The second-order valence-electron chi connectivity index (χ2n) is 14.5. The van der Waals surface area contributed by atoms with Crippen molar-refractivity contribution in [2.45, 2.75) is 45.3 Å². The number of aromatic amines is 1. The number of benzene rings is 2. The molecule has 4 aliphatic rings. The van der Waals surface area contributed by atoms with Crippen LogP contribution in [-0.2, 0) is 4.79 Å². The van der Waals surface area contributed by atoms with Crippen molar-refractivity contribution in [1.29, 1.82) is 0 Å². The summed E-state index contributed by atoms with van der Waals surface area (Å²) >= 11 is 0. The summed E-state index contributed by atoms with van der Waals surface area (Å²) in [5.41, 5.74) is 4.57. The molecule has 0 saturated carbocycles. The van der Waals surface area contributed by atoms with E-state index in [1.54, 1.807) is 6.20 Å². The van der Waals surface area contributed by atoms with Gasteiger partial charge in [-0.1, -0.05) is 24.8 Å². The predicted molar refractivity (Wildman–Crippen MR) is 188 cm³/mol. The van der Waals surface area contributed by atoms with Gasteiger partial charge in [0, 0.05) is 67.1 Å². The Hall–Kier alpha value is -4.65. The van der Waals surface area contributed by atoms with Crippen LogP contribution in [0.4, 0.5) is 24.9 Å². The van der Waals surface area contributed by atoms with Crippen molar-refractivity contribution >= 4 is 45.1 Å². The maximum atomic E-state index is 14.0. The second kappa shape index (κ2) is 12.0. The van der Waals surface area contributed by atoms with Crippen LogP contribution in [0, 0.1) is 12.3 Å². The topological polar surface area (TPSA) is 93.7 Å². The number of piperidine rings is 1. The van der Waals surface area contributed by atoms with E-state index in [0.717, 1.165) is 61.1 Å². The molecule has 4 aromatic rings. The van der Waals surface area contributed by atoms with Gasteiger partial charge in [-0.15, -0.1) is 0 Å². The Balaban J connectivity index is 1.29. The van der Waals surface area contributed by atoms with Gasteiger partial charge in [0.1, 0.15) is 11.3 Å². The molecule has 0 atom stereocenters. The Morgan fingerprint density at radius 1 is 1.08 bits per heavy atom. The molecule has 50 heavy (non-hydrogen) atoms. The van der Waals surface area contributed by atoms with E-state index in [0.29, 0.717) is 71.6 Å². The normalized spacial score (nSPS) is 19.4. The third kappa shape index (κ3) is 5.55. The van der Waals surface area contributed by atoms with Gasteiger partial charge < -0.3 is 19.4 Å². The zero-order chi connectivity index (χ0) is 34.9.